The van der Waals surface area contributed by atoms with E-state index < -0.39 is 0 Å². The fourth-order valence-corrected chi connectivity index (χ4v) is 2.87. The number of likely N-dealkylation sites (tertiary alicyclic amines) is 1. The van der Waals surface area contributed by atoms with E-state index in [1.54, 1.807) is 0 Å². The Morgan fingerprint density at radius 3 is 2.80 bits per heavy atom. The molecule has 2 unspecified atom stereocenters. The van der Waals surface area contributed by atoms with Crippen molar-refractivity contribution in [3.63, 3.8) is 0 Å². The summed E-state index contributed by atoms with van der Waals surface area (Å²) in [6.45, 7) is 6.99. The van der Waals surface area contributed by atoms with Crippen molar-refractivity contribution in [2.75, 3.05) is 6.54 Å². The molecule has 0 aliphatic carbocycles. The summed E-state index contributed by atoms with van der Waals surface area (Å²) in [5.74, 6) is 0.655. The molecule has 0 aromatic carbocycles. The van der Waals surface area contributed by atoms with Gasteiger partial charge < -0.3 is 10.6 Å². The fraction of sp³-hybridized carbons (Fsp3) is 0.625. The lowest BCUT2D eigenvalue weighted by atomic mass is 9.96. The number of hydrogen-bond acceptors (Lipinski definition) is 3. The number of hydrogen-bond donors (Lipinski definition) is 1. The molecule has 0 spiro atoms. The van der Waals surface area contributed by atoms with Gasteiger partial charge in [0.05, 0.1) is 6.04 Å². The van der Waals surface area contributed by atoms with Crippen molar-refractivity contribution >= 4 is 5.91 Å². The van der Waals surface area contributed by atoms with Crippen LogP contribution in [0.3, 0.4) is 0 Å². The first-order valence-electron chi connectivity index (χ1n) is 7.46. The minimum atomic E-state index is -0.0412. The van der Waals surface area contributed by atoms with Gasteiger partial charge in [-0.3, -0.25) is 9.78 Å². The molecule has 2 rings (SSSR count). The first-order valence-corrected chi connectivity index (χ1v) is 7.46. The van der Waals surface area contributed by atoms with E-state index in [-0.39, 0.29) is 18.0 Å². The Balaban J connectivity index is 2.35. The highest BCUT2D eigenvalue weighted by Gasteiger charge is 2.33. The molecule has 20 heavy (non-hydrogen) atoms. The number of carbonyl (C=O) groups excluding carboxylic acids is 1. The van der Waals surface area contributed by atoms with Crippen molar-refractivity contribution in [3.05, 3.63) is 29.6 Å². The van der Waals surface area contributed by atoms with Crippen LogP contribution >= 0.6 is 0 Å². The summed E-state index contributed by atoms with van der Waals surface area (Å²) < 4.78 is 0. The molecule has 4 heteroatoms. The van der Waals surface area contributed by atoms with Gasteiger partial charge >= 0.3 is 0 Å². The summed E-state index contributed by atoms with van der Waals surface area (Å²) in [5, 5.41) is 0. The third kappa shape index (κ3) is 3.37. The van der Waals surface area contributed by atoms with Crippen molar-refractivity contribution in [1.29, 1.82) is 0 Å². The van der Waals surface area contributed by atoms with Crippen molar-refractivity contribution in [3.8, 4) is 0 Å². The number of nitrogens with two attached hydrogens (primary N) is 1. The largest absolute Gasteiger partial charge is 0.334 e. The van der Waals surface area contributed by atoms with Crippen LogP contribution in [-0.4, -0.2) is 28.4 Å². The third-order valence-corrected chi connectivity index (χ3v) is 3.83. The second kappa shape index (κ2) is 6.35. The van der Waals surface area contributed by atoms with E-state index in [0.29, 0.717) is 12.3 Å². The molecule has 1 aromatic heterocycles. The Bertz CT molecular complexity index is 455. The van der Waals surface area contributed by atoms with Gasteiger partial charge in [-0.25, -0.2) is 0 Å². The molecule has 0 bridgehead atoms. The van der Waals surface area contributed by atoms with Crippen LogP contribution in [0.1, 0.15) is 50.4 Å². The SMILES string of the molecule is Cc1ccc(C2C(N)CCCC(=O)N2CC(C)C)cn1. The Morgan fingerprint density at radius 2 is 2.20 bits per heavy atom. The summed E-state index contributed by atoms with van der Waals surface area (Å²) >= 11 is 0. The van der Waals surface area contributed by atoms with Gasteiger partial charge in [0.15, 0.2) is 0 Å². The summed E-state index contributed by atoms with van der Waals surface area (Å²) in [4.78, 5) is 18.7. The number of carbonyl (C=O) groups is 1. The average molecular weight is 275 g/mol. The van der Waals surface area contributed by atoms with Gasteiger partial charge in [-0.1, -0.05) is 19.9 Å². The molecule has 4 nitrogen and oxygen atoms in total. The van der Waals surface area contributed by atoms with E-state index in [4.69, 9.17) is 5.73 Å². The van der Waals surface area contributed by atoms with E-state index >= 15 is 0 Å². The lowest BCUT2D eigenvalue weighted by Crippen LogP contribution is -2.43. The molecule has 1 aliphatic rings. The zero-order valence-corrected chi connectivity index (χ0v) is 12.7. The van der Waals surface area contributed by atoms with Crippen LogP contribution in [-0.2, 0) is 4.79 Å². The molecular weight excluding hydrogens is 250 g/mol. The molecule has 2 heterocycles. The molecular formula is C16H25N3O. The maximum absolute atomic E-state index is 12.4. The van der Waals surface area contributed by atoms with E-state index in [9.17, 15) is 4.79 Å². The first-order chi connectivity index (χ1) is 9.49. The monoisotopic (exact) mass is 275 g/mol. The van der Waals surface area contributed by atoms with Crippen LogP contribution in [0.4, 0.5) is 0 Å². The zero-order chi connectivity index (χ0) is 14.7. The maximum Gasteiger partial charge on any atom is 0.223 e. The Kier molecular flexibility index (Phi) is 4.76. The van der Waals surface area contributed by atoms with E-state index in [1.807, 2.05) is 24.1 Å². The van der Waals surface area contributed by atoms with Crippen LogP contribution in [0.2, 0.25) is 0 Å². The predicted molar refractivity (Wildman–Crippen MR) is 80.1 cm³/mol. The van der Waals surface area contributed by atoms with Crippen LogP contribution in [0, 0.1) is 12.8 Å². The van der Waals surface area contributed by atoms with Crippen LogP contribution in [0.25, 0.3) is 0 Å². The molecule has 1 aromatic rings. The van der Waals surface area contributed by atoms with Gasteiger partial charge in [0.25, 0.3) is 0 Å². The van der Waals surface area contributed by atoms with E-state index in [2.05, 4.69) is 24.9 Å². The Morgan fingerprint density at radius 1 is 1.45 bits per heavy atom. The molecule has 1 fully saturated rings. The number of aromatic nitrogens is 1. The van der Waals surface area contributed by atoms with Crippen LogP contribution in [0.5, 0.6) is 0 Å². The van der Waals surface area contributed by atoms with Gasteiger partial charge in [0, 0.05) is 30.9 Å². The molecule has 0 saturated carbocycles. The second-order valence-electron chi connectivity index (χ2n) is 6.17. The highest BCUT2D eigenvalue weighted by molar-refractivity contribution is 5.77. The number of pyridine rings is 1. The van der Waals surface area contributed by atoms with Gasteiger partial charge in [-0.2, -0.15) is 0 Å². The smallest absolute Gasteiger partial charge is 0.223 e. The highest BCUT2D eigenvalue weighted by Crippen LogP contribution is 2.30. The lowest BCUT2D eigenvalue weighted by molar-refractivity contribution is -0.133. The van der Waals surface area contributed by atoms with Crippen molar-refractivity contribution in [1.82, 2.24) is 9.88 Å². The Labute approximate surface area is 121 Å². The van der Waals surface area contributed by atoms with Gasteiger partial charge in [0.1, 0.15) is 0 Å². The summed E-state index contributed by atoms with van der Waals surface area (Å²) in [5.41, 5.74) is 8.39. The maximum atomic E-state index is 12.4. The highest BCUT2D eigenvalue weighted by atomic mass is 16.2. The average Bonchev–Trinajstić information content (AvgIpc) is 2.51. The topological polar surface area (TPSA) is 59.2 Å². The number of aryl methyl sites for hydroxylation is 1. The number of rotatable bonds is 3. The normalized spacial score (nSPS) is 24.1. The Hall–Kier alpha value is -1.42. The predicted octanol–water partition coefficient (Wildman–Crippen LogP) is 2.43. The summed E-state index contributed by atoms with van der Waals surface area (Å²) in [6, 6.07) is 3.99. The molecule has 1 aliphatic heterocycles. The van der Waals surface area contributed by atoms with Crippen molar-refractivity contribution in [2.45, 2.75) is 52.1 Å². The van der Waals surface area contributed by atoms with Crippen LogP contribution in [0.15, 0.2) is 18.3 Å². The molecule has 2 atom stereocenters. The van der Waals surface area contributed by atoms with Crippen molar-refractivity contribution in [2.24, 2.45) is 11.7 Å². The number of nitrogens with zero attached hydrogens (tertiary/aromatic N) is 2. The minimum Gasteiger partial charge on any atom is -0.334 e. The van der Waals surface area contributed by atoms with E-state index in [1.165, 1.54) is 0 Å². The van der Waals surface area contributed by atoms with Gasteiger partial charge in [-0.05, 0) is 37.3 Å². The second-order valence-corrected chi connectivity index (χ2v) is 6.17. The van der Waals surface area contributed by atoms with Gasteiger partial charge in [0.2, 0.25) is 5.91 Å². The molecule has 1 amide bonds. The fourth-order valence-electron chi connectivity index (χ4n) is 2.87. The quantitative estimate of drug-likeness (QED) is 0.921. The molecule has 2 N–H and O–H groups in total. The minimum absolute atomic E-state index is 0.00953. The van der Waals surface area contributed by atoms with Gasteiger partial charge in [-0.15, -0.1) is 0 Å². The number of amides is 1. The molecule has 0 radical (unpaired) electrons. The lowest BCUT2D eigenvalue weighted by Gasteiger charge is -2.35. The summed E-state index contributed by atoms with van der Waals surface area (Å²) in [7, 11) is 0. The standard InChI is InChI=1S/C16H25N3O/c1-11(2)10-19-15(20)6-4-5-14(17)16(19)13-8-7-12(3)18-9-13/h7-9,11,14,16H,4-6,10,17H2,1-3H3. The molecule has 1 saturated heterocycles. The third-order valence-electron chi connectivity index (χ3n) is 3.83. The van der Waals surface area contributed by atoms with Crippen LogP contribution < -0.4 is 5.73 Å². The first kappa shape index (κ1) is 15.0. The summed E-state index contributed by atoms with van der Waals surface area (Å²) in [6.07, 6.45) is 4.24. The zero-order valence-electron chi connectivity index (χ0n) is 12.7. The van der Waals surface area contributed by atoms with Crippen molar-refractivity contribution < 1.29 is 4.79 Å². The molecule has 110 valence electrons. The van der Waals surface area contributed by atoms with E-state index in [0.717, 1.165) is 30.6 Å².